The van der Waals surface area contributed by atoms with E-state index in [-0.39, 0.29) is 6.17 Å². The molecule has 1 unspecified atom stereocenters. The highest BCUT2D eigenvalue weighted by Crippen LogP contribution is 2.33. The standard InChI is InChI=1S/C9H11N5OS/c1-3-15-9-12-8-11-6(14(8)13-9)7-10-5(2)4-16-7/h4,6H,3H2,1-2H3,(H,11,12,13). The van der Waals surface area contributed by atoms with Crippen LogP contribution in [0.2, 0.25) is 0 Å². The van der Waals surface area contributed by atoms with Gasteiger partial charge in [-0.25, -0.2) is 4.98 Å². The number of nitrogens with zero attached hydrogens (tertiary/aromatic N) is 4. The molecule has 16 heavy (non-hydrogen) atoms. The average Bonchev–Trinajstić information content (AvgIpc) is 2.77. The molecule has 2 aromatic rings. The van der Waals surface area contributed by atoms with Crippen molar-refractivity contribution in [1.29, 1.82) is 0 Å². The van der Waals surface area contributed by atoms with E-state index in [9.17, 15) is 0 Å². The molecule has 6 nitrogen and oxygen atoms in total. The van der Waals surface area contributed by atoms with Crippen LogP contribution in [-0.4, -0.2) is 26.4 Å². The van der Waals surface area contributed by atoms with Crippen molar-refractivity contribution in [2.45, 2.75) is 20.0 Å². The Bertz CT molecular complexity index is 520. The summed E-state index contributed by atoms with van der Waals surface area (Å²) in [4.78, 5) is 8.58. The molecule has 84 valence electrons. The van der Waals surface area contributed by atoms with Gasteiger partial charge in [-0.05, 0) is 13.8 Å². The molecule has 0 aromatic carbocycles. The lowest BCUT2D eigenvalue weighted by Gasteiger charge is -2.26. The SMILES string of the molecule is CCOc1nc2n(n1)C(c1nc(C)cs1)N2. The van der Waals surface area contributed by atoms with E-state index in [4.69, 9.17) is 4.74 Å². The van der Waals surface area contributed by atoms with E-state index in [0.29, 0.717) is 12.6 Å². The summed E-state index contributed by atoms with van der Waals surface area (Å²) in [7, 11) is 0. The van der Waals surface area contributed by atoms with Gasteiger partial charge < -0.3 is 10.1 Å². The van der Waals surface area contributed by atoms with Crippen molar-refractivity contribution in [2.24, 2.45) is 0 Å². The number of thiazole rings is 1. The fourth-order valence-corrected chi connectivity index (χ4v) is 2.38. The Morgan fingerprint density at radius 1 is 1.56 bits per heavy atom. The van der Waals surface area contributed by atoms with E-state index in [2.05, 4.69) is 20.4 Å². The summed E-state index contributed by atoms with van der Waals surface area (Å²) in [5.74, 6) is 0.737. The van der Waals surface area contributed by atoms with Crippen LogP contribution >= 0.6 is 11.3 Å². The fourth-order valence-electron chi connectivity index (χ4n) is 1.55. The zero-order valence-corrected chi connectivity index (χ0v) is 9.78. The van der Waals surface area contributed by atoms with Crippen molar-refractivity contribution >= 4 is 17.3 Å². The van der Waals surface area contributed by atoms with E-state index in [0.717, 1.165) is 16.6 Å². The van der Waals surface area contributed by atoms with Gasteiger partial charge in [-0.15, -0.1) is 16.4 Å². The second-order valence-electron chi connectivity index (χ2n) is 3.47. The van der Waals surface area contributed by atoms with E-state index in [1.54, 1.807) is 16.0 Å². The number of aromatic nitrogens is 4. The summed E-state index contributed by atoms with van der Waals surface area (Å²) < 4.78 is 7.03. The van der Waals surface area contributed by atoms with Gasteiger partial charge in [-0.2, -0.15) is 9.67 Å². The lowest BCUT2D eigenvalue weighted by atomic mass is 10.4. The first-order valence-corrected chi connectivity index (χ1v) is 5.94. The molecule has 3 heterocycles. The molecule has 1 N–H and O–H groups in total. The van der Waals surface area contributed by atoms with Gasteiger partial charge in [0, 0.05) is 11.1 Å². The maximum Gasteiger partial charge on any atom is 0.337 e. The normalized spacial score (nSPS) is 17.5. The minimum atomic E-state index is 0.00964. The maximum absolute atomic E-state index is 5.24. The molecule has 0 bridgehead atoms. The Morgan fingerprint density at radius 3 is 3.12 bits per heavy atom. The minimum Gasteiger partial charge on any atom is -0.463 e. The highest BCUT2D eigenvalue weighted by atomic mass is 32.1. The Kier molecular flexibility index (Phi) is 2.06. The van der Waals surface area contributed by atoms with Crippen LogP contribution in [0.25, 0.3) is 0 Å². The van der Waals surface area contributed by atoms with Crippen molar-refractivity contribution < 1.29 is 4.74 Å². The molecule has 0 radical (unpaired) electrons. The highest BCUT2D eigenvalue weighted by Gasteiger charge is 2.32. The summed E-state index contributed by atoms with van der Waals surface area (Å²) >= 11 is 1.62. The Labute approximate surface area is 96.3 Å². The first-order valence-electron chi connectivity index (χ1n) is 5.06. The monoisotopic (exact) mass is 237 g/mol. The zero-order valence-electron chi connectivity index (χ0n) is 8.97. The van der Waals surface area contributed by atoms with Gasteiger partial charge in [-0.1, -0.05) is 0 Å². The third kappa shape index (κ3) is 1.35. The summed E-state index contributed by atoms with van der Waals surface area (Å²) in [6.07, 6.45) is 0.00964. The lowest BCUT2D eigenvalue weighted by Crippen LogP contribution is -2.32. The molecule has 2 aromatic heterocycles. The van der Waals surface area contributed by atoms with Gasteiger partial charge in [0.05, 0.1) is 6.61 Å². The lowest BCUT2D eigenvalue weighted by molar-refractivity contribution is 0.309. The topological polar surface area (TPSA) is 64.9 Å². The van der Waals surface area contributed by atoms with E-state index < -0.39 is 0 Å². The third-order valence-electron chi connectivity index (χ3n) is 2.27. The first kappa shape index (κ1) is 9.59. The summed E-state index contributed by atoms with van der Waals surface area (Å²) in [6, 6.07) is 0.417. The van der Waals surface area contributed by atoms with Crippen molar-refractivity contribution in [2.75, 3.05) is 11.9 Å². The van der Waals surface area contributed by atoms with E-state index >= 15 is 0 Å². The molecule has 0 amide bonds. The highest BCUT2D eigenvalue weighted by molar-refractivity contribution is 7.09. The van der Waals surface area contributed by atoms with Crippen LogP contribution in [0.5, 0.6) is 6.01 Å². The number of rotatable bonds is 3. The van der Waals surface area contributed by atoms with Crippen molar-refractivity contribution in [3.05, 3.63) is 16.1 Å². The molecule has 3 rings (SSSR count). The molecular weight excluding hydrogens is 226 g/mol. The number of hydrogen-bond acceptors (Lipinski definition) is 6. The molecule has 0 aliphatic carbocycles. The van der Waals surface area contributed by atoms with Crippen molar-refractivity contribution in [1.82, 2.24) is 19.7 Å². The molecular formula is C9H11N5OS. The van der Waals surface area contributed by atoms with Gasteiger partial charge in [-0.3, -0.25) is 0 Å². The molecule has 0 saturated heterocycles. The molecule has 1 aliphatic rings. The van der Waals surface area contributed by atoms with Crippen LogP contribution in [0.1, 0.15) is 23.8 Å². The molecule has 1 aliphatic heterocycles. The van der Waals surface area contributed by atoms with Crippen LogP contribution in [0, 0.1) is 6.92 Å². The second-order valence-corrected chi connectivity index (χ2v) is 4.36. The fraction of sp³-hybridized carbons (Fsp3) is 0.444. The van der Waals surface area contributed by atoms with Crippen molar-refractivity contribution in [3.8, 4) is 6.01 Å². The first-order chi connectivity index (χ1) is 7.78. The predicted molar refractivity (Wildman–Crippen MR) is 59.8 cm³/mol. The molecule has 0 spiro atoms. The Balaban J connectivity index is 1.86. The third-order valence-corrected chi connectivity index (χ3v) is 3.28. The predicted octanol–water partition coefficient (Wildman–Crippen LogP) is 1.41. The number of fused-ring (bicyclic) bond motifs is 1. The number of ether oxygens (including phenoxy) is 1. The minimum absolute atomic E-state index is 0.00964. The van der Waals surface area contributed by atoms with Crippen LogP contribution < -0.4 is 10.1 Å². The van der Waals surface area contributed by atoms with Crippen LogP contribution in [0.3, 0.4) is 0 Å². The number of nitrogens with one attached hydrogen (secondary N) is 1. The average molecular weight is 237 g/mol. The molecule has 0 saturated carbocycles. The molecule has 0 fully saturated rings. The van der Waals surface area contributed by atoms with Gasteiger partial charge in [0.1, 0.15) is 5.01 Å². The van der Waals surface area contributed by atoms with Crippen molar-refractivity contribution in [3.63, 3.8) is 0 Å². The Hall–Kier alpha value is -1.63. The molecule has 1 atom stereocenters. The van der Waals surface area contributed by atoms with Gasteiger partial charge in [0.25, 0.3) is 0 Å². The van der Waals surface area contributed by atoms with Gasteiger partial charge in [0.2, 0.25) is 5.95 Å². The van der Waals surface area contributed by atoms with Crippen LogP contribution in [0.15, 0.2) is 5.38 Å². The largest absolute Gasteiger partial charge is 0.463 e. The second kappa shape index (κ2) is 3.44. The summed E-state index contributed by atoms with van der Waals surface area (Å²) in [6.45, 7) is 4.46. The van der Waals surface area contributed by atoms with Crippen LogP contribution in [0.4, 0.5) is 5.95 Å². The van der Waals surface area contributed by atoms with Crippen LogP contribution in [-0.2, 0) is 0 Å². The Morgan fingerprint density at radius 2 is 2.44 bits per heavy atom. The number of anilines is 1. The smallest absolute Gasteiger partial charge is 0.337 e. The van der Waals surface area contributed by atoms with Gasteiger partial charge in [0.15, 0.2) is 6.17 Å². The summed E-state index contributed by atoms with van der Waals surface area (Å²) in [5.41, 5.74) is 1.03. The zero-order chi connectivity index (χ0) is 11.1. The quantitative estimate of drug-likeness (QED) is 0.874. The van der Waals surface area contributed by atoms with Gasteiger partial charge >= 0.3 is 6.01 Å². The number of aryl methyl sites for hydroxylation is 1. The maximum atomic E-state index is 5.24. The summed E-state index contributed by atoms with van der Waals surface area (Å²) in [5, 5.41) is 10.5. The number of hydrogen-bond donors (Lipinski definition) is 1. The van der Waals surface area contributed by atoms with E-state index in [1.165, 1.54) is 0 Å². The molecule has 7 heteroatoms. The van der Waals surface area contributed by atoms with E-state index in [1.807, 2.05) is 19.2 Å².